The van der Waals surface area contributed by atoms with Crippen LogP contribution in [0, 0.1) is 6.92 Å². The number of aryl methyl sites for hydroxylation is 1. The van der Waals surface area contributed by atoms with Crippen LogP contribution in [-0.4, -0.2) is 47.9 Å². The Kier molecular flexibility index (Phi) is 7.28. The van der Waals surface area contributed by atoms with E-state index < -0.39 is 0 Å². The highest BCUT2D eigenvalue weighted by atomic mass is 32.2. The van der Waals surface area contributed by atoms with Crippen molar-refractivity contribution in [3.8, 4) is 0 Å². The molecule has 0 unspecified atom stereocenters. The monoisotopic (exact) mass is 400 g/mol. The Morgan fingerprint density at radius 2 is 1.93 bits per heavy atom. The van der Waals surface area contributed by atoms with Crippen molar-refractivity contribution in [2.24, 2.45) is 0 Å². The summed E-state index contributed by atoms with van der Waals surface area (Å²) in [5.74, 6) is 1.85. The topological polar surface area (TPSA) is 67.4 Å². The number of hydrogen-bond donors (Lipinski definition) is 1. The van der Waals surface area contributed by atoms with Crippen LogP contribution in [0.25, 0.3) is 0 Å². The van der Waals surface area contributed by atoms with Crippen LogP contribution in [0.4, 0.5) is 11.4 Å². The summed E-state index contributed by atoms with van der Waals surface area (Å²) in [5, 5.41) is 3.90. The number of hydrogen-bond acceptors (Lipinski definition) is 6. The summed E-state index contributed by atoms with van der Waals surface area (Å²) in [4.78, 5) is 23.6. The second-order valence-corrected chi connectivity index (χ2v) is 8.27. The Morgan fingerprint density at radius 1 is 1.21 bits per heavy atom. The van der Waals surface area contributed by atoms with Gasteiger partial charge < -0.3 is 15.0 Å². The average molecular weight is 401 g/mol. The van der Waals surface area contributed by atoms with Crippen LogP contribution in [0.1, 0.15) is 37.7 Å². The Bertz CT molecular complexity index is 789. The van der Waals surface area contributed by atoms with Gasteiger partial charge in [-0.05, 0) is 37.3 Å². The molecule has 6 nitrogen and oxygen atoms in total. The van der Waals surface area contributed by atoms with E-state index in [2.05, 4.69) is 34.0 Å². The first-order valence-corrected chi connectivity index (χ1v) is 10.7. The van der Waals surface area contributed by atoms with Gasteiger partial charge in [-0.15, -0.1) is 11.8 Å². The average Bonchev–Trinajstić information content (AvgIpc) is 2.69. The minimum Gasteiger partial charge on any atom is -0.378 e. The van der Waals surface area contributed by atoms with Crippen molar-refractivity contribution >= 4 is 29.0 Å². The molecule has 1 fully saturated rings. The number of nitrogens with one attached hydrogen (secondary N) is 1. The lowest BCUT2D eigenvalue weighted by Crippen LogP contribution is -2.36. The van der Waals surface area contributed by atoms with E-state index in [9.17, 15) is 4.79 Å². The lowest BCUT2D eigenvalue weighted by molar-refractivity contribution is -0.115. The maximum atomic E-state index is 12.2. The second-order valence-electron chi connectivity index (χ2n) is 7.15. The van der Waals surface area contributed by atoms with Crippen LogP contribution in [0.2, 0.25) is 0 Å². The van der Waals surface area contributed by atoms with Crippen molar-refractivity contribution in [3.63, 3.8) is 0 Å². The summed E-state index contributed by atoms with van der Waals surface area (Å²) in [7, 11) is 0. The Labute approximate surface area is 171 Å². The van der Waals surface area contributed by atoms with E-state index in [1.54, 1.807) is 11.8 Å². The van der Waals surface area contributed by atoms with E-state index in [0.717, 1.165) is 54.2 Å². The third kappa shape index (κ3) is 5.94. The van der Waals surface area contributed by atoms with Crippen molar-refractivity contribution in [2.75, 3.05) is 42.3 Å². The number of ether oxygens (including phenoxy) is 1. The minimum absolute atomic E-state index is 0.0153. The molecule has 28 heavy (non-hydrogen) atoms. The molecule has 2 heterocycles. The maximum Gasteiger partial charge on any atom is 0.225 e. The molecule has 3 rings (SSSR count). The molecule has 2 aromatic rings. The fourth-order valence-corrected chi connectivity index (χ4v) is 3.85. The van der Waals surface area contributed by atoms with Crippen molar-refractivity contribution in [3.05, 3.63) is 41.9 Å². The van der Waals surface area contributed by atoms with Crippen molar-refractivity contribution in [2.45, 2.75) is 38.1 Å². The smallest absolute Gasteiger partial charge is 0.225 e. The first kappa shape index (κ1) is 20.6. The lowest BCUT2D eigenvalue weighted by atomic mass is 10.2. The van der Waals surface area contributed by atoms with Crippen molar-refractivity contribution in [1.82, 2.24) is 9.97 Å². The van der Waals surface area contributed by atoms with Gasteiger partial charge in [0, 0.05) is 48.2 Å². The van der Waals surface area contributed by atoms with Crippen LogP contribution in [0.3, 0.4) is 0 Å². The molecule has 1 aliphatic rings. The molecule has 0 radical (unpaired) electrons. The third-order valence-corrected chi connectivity index (χ3v) is 5.38. The number of carbonyl (C=O) groups is 1. The molecule has 0 aliphatic carbocycles. The van der Waals surface area contributed by atoms with Gasteiger partial charge in [-0.25, -0.2) is 9.97 Å². The third-order valence-electron chi connectivity index (χ3n) is 4.47. The molecule has 150 valence electrons. The molecule has 0 atom stereocenters. The Balaban J connectivity index is 1.47. The summed E-state index contributed by atoms with van der Waals surface area (Å²) in [6.45, 7) is 9.49. The van der Waals surface area contributed by atoms with Gasteiger partial charge in [-0.3, -0.25) is 4.79 Å². The molecule has 0 saturated carbocycles. The maximum absolute atomic E-state index is 12.2. The number of morpholine rings is 1. The molecule has 1 aromatic heterocycles. The highest BCUT2D eigenvalue weighted by Gasteiger charge is 2.11. The fourth-order valence-electron chi connectivity index (χ4n) is 2.94. The molecule has 0 bridgehead atoms. The van der Waals surface area contributed by atoms with Crippen molar-refractivity contribution < 1.29 is 9.53 Å². The second kappa shape index (κ2) is 9.89. The van der Waals surface area contributed by atoms with E-state index >= 15 is 0 Å². The first-order chi connectivity index (χ1) is 13.5. The summed E-state index contributed by atoms with van der Waals surface area (Å²) in [6.07, 6.45) is 0.440. The normalized spacial score (nSPS) is 14.4. The fraction of sp³-hybridized carbons (Fsp3) is 0.476. The zero-order valence-electron chi connectivity index (χ0n) is 16.8. The number of nitrogens with zero attached hydrogens (tertiary/aromatic N) is 3. The molecule has 0 spiro atoms. The SMILES string of the molecule is Cc1cc(SCCC(=O)Nc2ccc(N3CCOCC3)cc2)nc(C(C)C)n1. The Morgan fingerprint density at radius 3 is 2.61 bits per heavy atom. The van der Waals surface area contributed by atoms with Gasteiger partial charge in [0.05, 0.1) is 18.2 Å². The van der Waals surface area contributed by atoms with Gasteiger partial charge in [0.2, 0.25) is 5.91 Å². The number of amides is 1. The number of thioether (sulfide) groups is 1. The first-order valence-electron chi connectivity index (χ1n) is 9.72. The van der Waals surface area contributed by atoms with E-state index in [1.807, 2.05) is 37.3 Å². The molecule has 1 amide bonds. The highest BCUT2D eigenvalue weighted by Crippen LogP contribution is 2.21. The number of aromatic nitrogens is 2. The van der Waals surface area contributed by atoms with Gasteiger partial charge in [0.15, 0.2) is 0 Å². The Hall–Kier alpha value is -2.12. The van der Waals surface area contributed by atoms with Crippen LogP contribution in [0.15, 0.2) is 35.4 Å². The summed E-state index contributed by atoms with van der Waals surface area (Å²) >= 11 is 1.60. The summed E-state index contributed by atoms with van der Waals surface area (Å²) in [6, 6.07) is 9.98. The van der Waals surface area contributed by atoms with Gasteiger partial charge in [-0.2, -0.15) is 0 Å². The van der Waals surface area contributed by atoms with Crippen LogP contribution in [-0.2, 0) is 9.53 Å². The van der Waals surface area contributed by atoms with E-state index in [0.29, 0.717) is 18.1 Å². The van der Waals surface area contributed by atoms with E-state index in [1.165, 1.54) is 0 Å². The predicted octanol–water partition coefficient (Wildman–Crippen LogP) is 3.87. The largest absolute Gasteiger partial charge is 0.378 e. The van der Waals surface area contributed by atoms with Gasteiger partial charge in [0.1, 0.15) is 5.82 Å². The van der Waals surface area contributed by atoms with E-state index in [4.69, 9.17) is 4.74 Å². The minimum atomic E-state index is 0.0153. The molecule has 7 heteroatoms. The number of rotatable bonds is 7. The number of benzene rings is 1. The van der Waals surface area contributed by atoms with Crippen LogP contribution >= 0.6 is 11.8 Å². The van der Waals surface area contributed by atoms with Gasteiger partial charge in [0.25, 0.3) is 0 Å². The standard InChI is InChI=1S/C21H28N4O2S/c1-15(2)21-22-16(3)14-20(24-21)28-13-8-19(26)23-17-4-6-18(7-5-17)25-9-11-27-12-10-25/h4-7,14-15H,8-13H2,1-3H3,(H,23,26). The predicted molar refractivity (Wildman–Crippen MR) is 114 cm³/mol. The van der Waals surface area contributed by atoms with E-state index in [-0.39, 0.29) is 5.91 Å². The molecule has 1 saturated heterocycles. The molecular weight excluding hydrogens is 372 g/mol. The van der Waals surface area contributed by atoms with Crippen LogP contribution < -0.4 is 10.2 Å². The van der Waals surface area contributed by atoms with Crippen LogP contribution in [0.5, 0.6) is 0 Å². The highest BCUT2D eigenvalue weighted by molar-refractivity contribution is 7.99. The molecule has 1 N–H and O–H groups in total. The number of carbonyl (C=O) groups excluding carboxylic acids is 1. The van der Waals surface area contributed by atoms with Crippen molar-refractivity contribution in [1.29, 1.82) is 0 Å². The summed E-state index contributed by atoms with van der Waals surface area (Å²) < 4.78 is 5.38. The van der Waals surface area contributed by atoms with Gasteiger partial charge >= 0.3 is 0 Å². The zero-order valence-corrected chi connectivity index (χ0v) is 17.6. The lowest BCUT2D eigenvalue weighted by Gasteiger charge is -2.28. The van der Waals surface area contributed by atoms with Gasteiger partial charge in [-0.1, -0.05) is 13.8 Å². The molecule has 1 aromatic carbocycles. The number of anilines is 2. The molecule has 1 aliphatic heterocycles. The summed E-state index contributed by atoms with van der Waals surface area (Å²) in [5.41, 5.74) is 2.95. The zero-order chi connectivity index (χ0) is 19.9. The quantitative estimate of drug-likeness (QED) is 0.562. The molecular formula is C21H28N4O2S.